The van der Waals surface area contributed by atoms with E-state index in [0.717, 1.165) is 37.2 Å². The smallest absolute Gasteiger partial charge is 0.227 e. The van der Waals surface area contributed by atoms with Crippen molar-refractivity contribution in [2.75, 3.05) is 39.9 Å². The maximum atomic E-state index is 12.5. The summed E-state index contributed by atoms with van der Waals surface area (Å²) in [5.41, 5.74) is 0.949. The van der Waals surface area contributed by atoms with E-state index < -0.39 is 0 Å². The summed E-state index contributed by atoms with van der Waals surface area (Å²) in [6.45, 7) is 3.28. The number of benzene rings is 1. The van der Waals surface area contributed by atoms with Gasteiger partial charge in [-0.15, -0.1) is 0 Å². The van der Waals surface area contributed by atoms with E-state index in [1.54, 1.807) is 7.11 Å². The molecule has 2 saturated heterocycles. The maximum Gasteiger partial charge on any atom is 0.227 e. The van der Waals surface area contributed by atoms with E-state index in [1.807, 2.05) is 34.1 Å². The highest BCUT2D eigenvalue weighted by Gasteiger charge is 2.25. The first-order valence-corrected chi connectivity index (χ1v) is 9.46. The monoisotopic (exact) mass is 360 g/mol. The third-order valence-corrected chi connectivity index (χ3v) is 5.18. The minimum absolute atomic E-state index is 0.102. The lowest BCUT2D eigenvalue weighted by Gasteiger charge is -2.35. The third kappa shape index (κ3) is 4.97. The Balaban J connectivity index is 1.42. The number of ether oxygens (including phenoxy) is 2. The molecule has 0 saturated carbocycles. The topological polar surface area (TPSA) is 59.1 Å². The highest BCUT2D eigenvalue weighted by molar-refractivity contribution is 5.80. The lowest BCUT2D eigenvalue weighted by molar-refractivity contribution is -0.139. The van der Waals surface area contributed by atoms with Gasteiger partial charge in [-0.3, -0.25) is 9.59 Å². The molecule has 0 unspecified atom stereocenters. The summed E-state index contributed by atoms with van der Waals surface area (Å²) in [5, 5.41) is 0. The van der Waals surface area contributed by atoms with Crippen LogP contribution in [0.2, 0.25) is 0 Å². The van der Waals surface area contributed by atoms with Gasteiger partial charge < -0.3 is 19.3 Å². The van der Waals surface area contributed by atoms with Crippen molar-refractivity contribution < 1.29 is 19.1 Å². The Morgan fingerprint density at radius 2 is 1.88 bits per heavy atom. The van der Waals surface area contributed by atoms with Crippen molar-refractivity contribution in [3.63, 3.8) is 0 Å². The van der Waals surface area contributed by atoms with Gasteiger partial charge in [-0.1, -0.05) is 12.1 Å². The largest absolute Gasteiger partial charge is 0.497 e. The van der Waals surface area contributed by atoms with E-state index >= 15 is 0 Å². The van der Waals surface area contributed by atoms with Crippen LogP contribution in [0.4, 0.5) is 0 Å². The predicted molar refractivity (Wildman–Crippen MR) is 98.1 cm³/mol. The van der Waals surface area contributed by atoms with Crippen LogP contribution in [-0.2, 0) is 20.7 Å². The van der Waals surface area contributed by atoms with Gasteiger partial charge in [-0.2, -0.15) is 0 Å². The minimum atomic E-state index is 0.102. The van der Waals surface area contributed by atoms with Crippen LogP contribution in [0.25, 0.3) is 0 Å². The Morgan fingerprint density at radius 3 is 2.54 bits per heavy atom. The molecule has 3 rings (SSSR count). The highest BCUT2D eigenvalue weighted by Crippen LogP contribution is 2.18. The molecule has 2 fully saturated rings. The number of hydrogen-bond donors (Lipinski definition) is 0. The van der Waals surface area contributed by atoms with Crippen LogP contribution >= 0.6 is 0 Å². The first-order chi connectivity index (χ1) is 12.7. The first kappa shape index (κ1) is 18.7. The van der Waals surface area contributed by atoms with Crippen molar-refractivity contribution in [1.29, 1.82) is 0 Å². The lowest BCUT2D eigenvalue weighted by Crippen LogP contribution is -2.51. The van der Waals surface area contributed by atoms with E-state index in [0.29, 0.717) is 39.0 Å². The summed E-state index contributed by atoms with van der Waals surface area (Å²) >= 11 is 0. The molecule has 0 bridgehead atoms. The van der Waals surface area contributed by atoms with E-state index in [4.69, 9.17) is 9.47 Å². The second-order valence-corrected chi connectivity index (χ2v) is 6.96. The molecule has 6 heteroatoms. The lowest BCUT2D eigenvalue weighted by atomic mass is 10.1. The third-order valence-electron chi connectivity index (χ3n) is 5.18. The Kier molecular flexibility index (Phi) is 6.50. The molecule has 0 N–H and O–H groups in total. The van der Waals surface area contributed by atoms with E-state index in [9.17, 15) is 9.59 Å². The Hall–Kier alpha value is -2.08. The molecule has 142 valence electrons. The van der Waals surface area contributed by atoms with Crippen LogP contribution in [0.3, 0.4) is 0 Å². The van der Waals surface area contributed by atoms with Crippen LogP contribution in [0.15, 0.2) is 24.3 Å². The molecule has 0 spiro atoms. The molecular weight excluding hydrogens is 332 g/mol. The van der Waals surface area contributed by atoms with Gasteiger partial charge in [0.25, 0.3) is 0 Å². The number of carbonyl (C=O) groups is 2. The number of piperazine rings is 1. The zero-order chi connectivity index (χ0) is 18.4. The molecule has 6 nitrogen and oxygen atoms in total. The van der Waals surface area contributed by atoms with Gasteiger partial charge in [-0.25, -0.2) is 0 Å². The normalized spacial score (nSPS) is 20.3. The molecule has 0 radical (unpaired) electrons. The molecule has 2 aliphatic heterocycles. The summed E-state index contributed by atoms with van der Waals surface area (Å²) in [4.78, 5) is 28.6. The van der Waals surface area contributed by atoms with Gasteiger partial charge in [0, 0.05) is 39.2 Å². The average Bonchev–Trinajstić information content (AvgIpc) is 3.20. The number of hydrogen-bond acceptors (Lipinski definition) is 4. The predicted octanol–water partition coefficient (Wildman–Crippen LogP) is 1.87. The van der Waals surface area contributed by atoms with Crippen LogP contribution in [0.5, 0.6) is 5.75 Å². The number of methoxy groups -OCH3 is 1. The maximum absolute atomic E-state index is 12.5. The van der Waals surface area contributed by atoms with Gasteiger partial charge in [0.2, 0.25) is 11.8 Å². The van der Waals surface area contributed by atoms with Crippen molar-refractivity contribution in [3.8, 4) is 5.75 Å². The number of amides is 2. The van der Waals surface area contributed by atoms with Crippen molar-refractivity contribution in [1.82, 2.24) is 9.80 Å². The van der Waals surface area contributed by atoms with Crippen LogP contribution in [0, 0.1) is 0 Å². The van der Waals surface area contributed by atoms with Gasteiger partial charge in [0.1, 0.15) is 5.75 Å². The molecule has 2 heterocycles. The molecule has 0 aliphatic carbocycles. The zero-order valence-corrected chi connectivity index (χ0v) is 15.5. The Labute approximate surface area is 155 Å². The summed E-state index contributed by atoms with van der Waals surface area (Å²) in [6.07, 6.45) is 4.15. The Morgan fingerprint density at radius 1 is 1.15 bits per heavy atom. The van der Waals surface area contributed by atoms with Crippen molar-refractivity contribution in [2.24, 2.45) is 0 Å². The zero-order valence-electron chi connectivity index (χ0n) is 15.5. The average molecular weight is 360 g/mol. The summed E-state index contributed by atoms with van der Waals surface area (Å²) in [5.74, 6) is 1.04. The standard InChI is InChI=1S/C20H28N2O4/c1-25-18-5-2-4-16(14-18)15-20(24)22-11-9-21(10-12-22)19(23)8-7-17-6-3-13-26-17/h2,4-5,14,17H,3,6-13,15H2,1H3/t17-/m1/s1. The molecular formula is C20H28N2O4. The van der Waals surface area contributed by atoms with Gasteiger partial charge in [0.05, 0.1) is 19.6 Å². The van der Waals surface area contributed by atoms with Gasteiger partial charge in [0.15, 0.2) is 0 Å². The van der Waals surface area contributed by atoms with Crippen molar-refractivity contribution in [3.05, 3.63) is 29.8 Å². The quantitative estimate of drug-likeness (QED) is 0.777. The first-order valence-electron chi connectivity index (χ1n) is 9.46. The fourth-order valence-corrected chi connectivity index (χ4v) is 3.59. The molecule has 1 aromatic carbocycles. The summed E-state index contributed by atoms with van der Waals surface area (Å²) in [6, 6.07) is 7.59. The van der Waals surface area contributed by atoms with E-state index in [1.165, 1.54) is 0 Å². The summed E-state index contributed by atoms with van der Waals surface area (Å²) < 4.78 is 10.8. The minimum Gasteiger partial charge on any atom is -0.497 e. The van der Waals surface area contributed by atoms with Crippen molar-refractivity contribution in [2.45, 2.75) is 38.2 Å². The molecule has 2 amide bonds. The second kappa shape index (κ2) is 9.03. The van der Waals surface area contributed by atoms with Crippen LogP contribution < -0.4 is 4.74 Å². The number of nitrogens with zero attached hydrogens (tertiary/aromatic N) is 2. The number of carbonyl (C=O) groups excluding carboxylic acids is 2. The van der Waals surface area contributed by atoms with Crippen LogP contribution in [-0.4, -0.2) is 67.6 Å². The van der Waals surface area contributed by atoms with Gasteiger partial charge >= 0.3 is 0 Å². The molecule has 1 aromatic rings. The van der Waals surface area contributed by atoms with E-state index in [-0.39, 0.29) is 17.9 Å². The fourth-order valence-electron chi connectivity index (χ4n) is 3.59. The van der Waals surface area contributed by atoms with Crippen LogP contribution in [0.1, 0.15) is 31.2 Å². The summed E-state index contributed by atoms with van der Waals surface area (Å²) in [7, 11) is 1.62. The highest BCUT2D eigenvalue weighted by atomic mass is 16.5. The SMILES string of the molecule is COc1cccc(CC(=O)N2CCN(C(=O)CC[C@H]3CCCO3)CC2)c1. The molecule has 1 atom stereocenters. The fraction of sp³-hybridized carbons (Fsp3) is 0.600. The van der Waals surface area contributed by atoms with E-state index in [2.05, 4.69) is 0 Å². The molecule has 2 aliphatic rings. The van der Waals surface area contributed by atoms with Crippen molar-refractivity contribution >= 4 is 11.8 Å². The number of rotatable bonds is 6. The second-order valence-electron chi connectivity index (χ2n) is 6.96. The van der Waals surface area contributed by atoms with Gasteiger partial charge in [-0.05, 0) is 37.0 Å². The molecule has 0 aromatic heterocycles. The molecule has 26 heavy (non-hydrogen) atoms. The Bertz CT molecular complexity index is 620.